The highest BCUT2D eigenvalue weighted by atomic mass is 35.5. The van der Waals surface area contributed by atoms with Crippen molar-refractivity contribution in [3.63, 3.8) is 0 Å². The summed E-state index contributed by atoms with van der Waals surface area (Å²) in [5.74, 6) is -0.452. The Hall–Kier alpha value is -3.32. The number of esters is 1. The SMILES string of the molecule is COc1ccccc1CNC(=O)[C@H](C)OC(=O)c1c(C)nn(Cc2ccccc2)c1Cl. The molecule has 1 atom stereocenters. The fourth-order valence-electron chi connectivity index (χ4n) is 3.09. The maximum atomic E-state index is 12.7. The van der Waals surface area contributed by atoms with Gasteiger partial charge in [0.25, 0.3) is 5.91 Å². The number of methoxy groups -OCH3 is 1. The van der Waals surface area contributed by atoms with Crippen LogP contribution in [-0.4, -0.2) is 34.9 Å². The molecule has 0 saturated heterocycles. The fraction of sp³-hybridized carbons (Fsp3) is 0.261. The van der Waals surface area contributed by atoms with E-state index in [1.165, 1.54) is 11.6 Å². The largest absolute Gasteiger partial charge is 0.496 e. The molecule has 0 aliphatic heterocycles. The molecule has 3 rings (SSSR count). The van der Waals surface area contributed by atoms with Crippen molar-refractivity contribution in [2.24, 2.45) is 0 Å². The highest BCUT2D eigenvalue weighted by Gasteiger charge is 2.25. The Balaban J connectivity index is 1.63. The topological polar surface area (TPSA) is 82.4 Å². The first-order valence-corrected chi connectivity index (χ1v) is 10.2. The van der Waals surface area contributed by atoms with Gasteiger partial charge in [0.15, 0.2) is 6.10 Å². The lowest BCUT2D eigenvalue weighted by atomic mass is 10.2. The van der Waals surface area contributed by atoms with Gasteiger partial charge in [0, 0.05) is 12.1 Å². The lowest BCUT2D eigenvalue weighted by molar-refractivity contribution is -0.129. The van der Waals surface area contributed by atoms with Crippen molar-refractivity contribution >= 4 is 23.5 Å². The number of halogens is 1. The molecule has 0 spiro atoms. The molecule has 0 saturated carbocycles. The quantitative estimate of drug-likeness (QED) is 0.538. The van der Waals surface area contributed by atoms with E-state index in [0.717, 1.165) is 11.1 Å². The molecular formula is C23H24ClN3O4. The predicted molar refractivity (Wildman–Crippen MR) is 117 cm³/mol. The molecule has 0 radical (unpaired) electrons. The fourth-order valence-corrected chi connectivity index (χ4v) is 3.41. The Morgan fingerprint density at radius 2 is 1.81 bits per heavy atom. The summed E-state index contributed by atoms with van der Waals surface area (Å²) in [6, 6.07) is 17.0. The summed E-state index contributed by atoms with van der Waals surface area (Å²) in [6.07, 6.45) is -1.00. The normalized spacial score (nSPS) is 11.6. The van der Waals surface area contributed by atoms with Gasteiger partial charge in [-0.25, -0.2) is 9.48 Å². The van der Waals surface area contributed by atoms with Crippen LogP contribution in [0.1, 0.15) is 34.1 Å². The van der Waals surface area contributed by atoms with E-state index in [0.29, 0.717) is 18.0 Å². The Morgan fingerprint density at radius 3 is 2.52 bits per heavy atom. The van der Waals surface area contributed by atoms with Crippen molar-refractivity contribution in [2.75, 3.05) is 7.11 Å². The van der Waals surface area contributed by atoms with Crippen molar-refractivity contribution in [1.29, 1.82) is 0 Å². The molecule has 0 fully saturated rings. The van der Waals surface area contributed by atoms with Crippen molar-refractivity contribution in [3.05, 3.63) is 82.1 Å². The summed E-state index contributed by atoms with van der Waals surface area (Å²) >= 11 is 6.40. The summed E-state index contributed by atoms with van der Waals surface area (Å²) in [5.41, 5.74) is 2.41. The average Bonchev–Trinajstić information content (AvgIpc) is 3.05. The van der Waals surface area contributed by atoms with Gasteiger partial charge in [0.1, 0.15) is 16.5 Å². The number of nitrogens with zero attached hydrogens (tertiary/aromatic N) is 2. The van der Waals surface area contributed by atoms with Crippen LogP contribution in [0.2, 0.25) is 5.15 Å². The zero-order valence-corrected chi connectivity index (χ0v) is 18.3. The lowest BCUT2D eigenvalue weighted by Crippen LogP contribution is -2.35. The molecule has 31 heavy (non-hydrogen) atoms. The number of aromatic nitrogens is 2. The average molecular weight is 442 g/mol. The molecule has 1 heterocycles. The van der Waals surface area contributed by atoms with E-state index in [1.807, 2.05) is 54.6 Å². The molecule has 0 aliphatic carbocycles. The van der Waals surface area contributed by atoms with Gasteiger partial charge in [-0.05, 0) is 25.5 Å². The van der Waals surface area contributed by atoms with Crippen LogP contribution >= 0.6 is 11.6 Å². The first kappa shape index (κ1) is 22.4. The molecule has 1 amide bonds. The number of carbonyl (C=O) groups is 2. The minimum Gasteiger partial charge on any atom is -0.496 e. The summed E-state index contributed by atoms with van der Waals surface area (Å²) in [5, 5.41) is 7.26. The van der Waals surface area contributed by atoms with Gasteiger partial charge in [-0.2, -0.15) is 5.10 Å². The highest BCUT2D eigenvalue weighted by molar-refractivity contribution is 6.32. The van der Waals surface area contributed by atoms with E-state index in [-0.39, 0.29) is 17.3 Å². The number of nitrogens with one attached hydrogen (secondary N) is 1. The van der Waals surface area contributed by atoms with E-state index >= 15 is 0 Å². The second-order valence-electron chi connectivity index (χ2n) is 6.97. The number of hydrogen-bond acceptors (Lipinski definition) is 5. The Morgan fingerprint density at radius 1 is 1.13 bits per heavy atom. The number of ether oxygens (including phenoxy) is 2. The summed E-state index contributed by atoms with van der Waals surface area (Å²) < 4.78 is 12.2. The van der Waals surface area contributed by atoms with Gasteiger partial charge in [-0.1, -0.05) is 60.1 Å². The van der Waals surface area contributed by atoms with Crippen molar-refractivity contribution in [3.8, 4) is 5.75 Å². The van der Waals surface area contributed by atoms with Crippen LogP contribution in [0, 0.1) is 6.92 Å². The number of aryl methyl sites for hydroxylation is 1. The van der Waals surface area contributed by atoms with Gasteiger partial charge in [-0.3, -0.25) is 4.79 Å². The van der Waals surface area contributed by atoms with E-state index in [2.05, 4.69) is 10.4 Å². The van der Waals surface area contributed by atoms with Crippen LogP contribution in [-0.2, 0) is 22.6 Å². The number of carbonyl (C=O) groups excluding carboxylic acids is 2. The third-order valence-corrected chi connectivity index (χ3v) is 5.13. The molecule has 1 aromatic heterocycles. The van der Waals surface area contributed by atoms with Crippen LogP contribution < -0.4 is 10.1 Å². The van der Waals surface area contributed by atoms with E-state index in [1.54, 1.807) is 14.0 Å². The number of para-hydroxylation sites is 1. The van der Waals surface area contributed by atoms with Gasteiger partial charge >= 0.3 is 5.97 Å². The minimum absolute atomic E-state index is 0.155. The minimum atomic E-state index is -1.00. The van der Waals surface area contributed by atoms with Crippen molar-refractivity contribution in [1.82, 2.24) is 15.1 Å². The number of hydrogen-bond donors (Lipinski definition) is 1. The maximum Gasteiger partial charge on any atom is 0.343 e. The van der Waals surface area contributed by atoms with Gasteiger partial charge in [-0.15, -0.1) is 0 Å². The maximum absolute atomic E-state index is 12.7. The Bertz CT molecular complexity index is 1070. The van der Waals surface area contributed by atoms with Crippen molar-refractivity contribution < 1.29 is 19.1 Å². The van der Waals surface area contributed by atoms with Crippen LogP contribution in [0.3, 0.4) is 0 Å². The van der Waals surface area contributed by atoms with Gasteiger partial charge in [0.2, 0.25) is 0 Å². The van der Waals surface area contributed by atoms with E-state index in [9.17, 15) is 9.59 Å². The summed E-state index contributed by atoms with van der Waals surface area (Å²) in [6.45, 7) is 3.85. The third-order valence-electron chi connectivity index (χ3n) is 4.74. The molecular weight excluding hydrogens is 418 g/mol. The summed E-state index contributed by atoms with van der Waals surface area (Å²) in [7, 11) is 1.56. The first-order chi connectivity index (χ1) is 14.9. The van der Waals surface area contributed by atoms with Crippen LogP contribution in [0.4, 0.5) is 0 Å². The standard InChI is InChI=1S/C23H24ClN3O4/c1-15-20(21(24)27(26-15)14-17-9-5-4-6-10-17)23(29)31-16(2)22(28)25-13-18-11-7-8-12-19(18)30-3/h4-12,16H,13-14H2,1-3H3,(H,25,28)/t16-/m0/s1. The monoisotopic (exact) mass is 441 g/mol. The smallest absolute Gasteiger partial charge is 0.343 e. The zero-order chi connectivity index (χ0) is 22.4. The molecule has 2 aromatic carbocycles. The molecule has 0 bridgehead atoms. The highest BCUT2D eigenvalue weighted by Crippen LogP contribution is 2.22. The van der Waals surface area contributed by atoms with Crippen LogP contribution in [0.5, 0.6) is 5.75 Å². The third kappa shape index (κ3) is 5.44. The second kappa shape index (κ2) is 10.1. The molecule has 8 heteroatoms. The van der Waals surface area contributed by atoms with E-state index < -0.39 is 18.0 Å². The molecule has 0 aliphatic rings. The van der Waals surface area contributed by atoms with Crippen LogP contribution in [0.15, 0.2) is 54.6 Å². The first-order valence-electron chi connectivity index (χ1n) is 9.78. The zero-order valence-electron chi connectivity index (χ0n) is 17.6. The second-order valence-corrected chi connectivity index (χ2v) is 7.33. The van der Waals surface area contributed by atoms with Gasteiger partial charge in [0.05, 0.1) is 19.3 Å². The van der Waals surface area contributed by atoms with E-state index in [4.69, 9.17) is 21.1 Å². The molecule has 1 N–H and O–H groups in total. The lowest BCUT2D eigenvalue weighted by Gasteiger charge is -2.14. The molecule has 162 valence electrons. The van der Waals surface area contributed by atoms with Gasteiger partial charge < -0.3 is 14.8 Å². The Kier molecular flexibility index (Phi) is 7.31. The molecule has 7 nitrogen and oxygen atoms in total. The number of benzene rings is 2. The van der Waals surface area contributed by atoms with Crippen molar-refractivity contribution in [2.45, 2.75) is 33.0 Å². The molecule has 0 unspecified atom stereocenters. The summed E-state index contributed by atoms with van der Waals surface area (Å²) in [4.78, 5) is 25.1. The Labute approximate surface area is 185 Å². The predicted octanol–water partition coefficient (Wildman–Crippen LogP) is 3.76. The van der Waals surface area contributed by atoms with Crippen LogP contribution in [0.25, 0.3) is 0 Å². The molecule has 3 aromatic rings. The number of amides is 1. The number of rotatable bonds is 8.